The van der Waals surface area contributed by atoms with E-state index in [0.29, 0.717) is 19.0 Å². The van der Waals surface area contributed by atoms with E-state index in [1.807, 2.05) is 30.3 Å². The van der Waals surface area contributed by atoms with Crippen molar-refractivity contribution in [1.29, 1.82) is 0 Å². The van der Waals surface area contributed by atoms with Gasteiger partial charge in [-0.3, -0.25) is 4.79 Å². The number of nitrogens with one attached hydrogen (secondary N) is 1. The average Bonchev–Trinajstić information content (AvgIpc) is 2.93. The summed E-state index contributed by atoms with van der Waals surface area (Å²) in [5.41, 5.74) is 12.8. The van der Waals surface area contributed by atoms with Crippen LogP contribution in [0.15, 0.2) is 30.3 Å². The molecule has 0 aromatic heterocycles. The first kappa shape index (κ1) is 14.0. The monoisotopic (exact) mass is 261 g/mol. The van der Waals surface area contributed by atoms with Crippen molar-refractivity contribution >= 4 is 5.91 Å². The van der Waals surface area contributed by atoms with Crippen LogP contribution in [0.25, 0.3) is 0 Å². The average molecular weight is 261 g/mol. The van der Waals surface area contributed by atoms with E-state index < -0.39 is 0 Å². The van der Waals surface area contributed by atoms with Gasteiger partial charge >= 0.3 is 0 Å². The highest BCUT2D eigenvalue weighted by Gasteiger charge is 2.31. The second-order valence-electron chi connectivity index (χ2n) is 5.30. The van der Waals surface area contributed by atoms with Gasteiger partial charge in [0.1, 0.15) is 0 Å². The molecule has 3 atom stereocenters. The van der Waals surface area contributed by atoms with Crippen LogP contribution < -0.4 is 16.8 Å². The first-order chi connectivity index (χ1) is 9.22. The van der Waals surface area contributed by atoms with Crippen LogP contribution in [-0.4, -0.2) is 19.0 Å². The lowest BCUT2D eigenvalue weighted by atomic mass is 9.95. The second kappa shape index (κ2) is 6.68. The van der Waals surface area contributed by atoms with Crippen LogP contribution in [0, 0.1) is 11.8 Å². The van der Waals surface area contributed by atoms with Crippen molar-refractivity contribution < 1.29 is 4.79 Å². The standard InChI is InChI=1S/C15H23N3O/c16-9-12-7-4-8-13(12)15(19)18-10-14(17)11-5-2-1-3-6-11/h1-3,5-6,12-14H,4,7-10,16-17H2,(H,18,19)/t12-,13-,14?/m1/s1. The third-order valence-electron chi connectivity index (χ3n) is 4.02. The van der Waals surface area contributed by atoms with Crippen LogP contribution in [0.2, 0.25) is 0 Å². The second-order valence-corrected chi connectivity index (χ2v) is 5.30. The van der Waals surface area contributed by atoms with E-state index >= 15 is 0 Å². The van der Waals surface area contributed by atoms with Gasteiger partial charge in [0.25, 0.3) is 0 Å². The molecule has 4 nitrogen and oxygen atoms in total. The van der Waals surface area contributed by atoms with Crippen molar-refractivity contribution in [2.75, 3.05) is 13.1 Å². The summed E-state index contributed by atoms with van der Waals surface area (Å²) in [4.78, 5) is 12.1. The summed E-state index contributed by atoms with van der Waals surface area (Å²) < 4.78 is 0. The predicted octanol–water partition coefficient (Wildman–Crippen LogP) is 1.18. The molecule has 0 saturated heterocycles. The molecule has 1 amide bonds. The Morgan fingerprint density at radius 3 is 2.74 bits per heavy atom. The maximum atomic E-state index is 12.1. The minimum Gasteiger partial charge on any atom is -0.354 e. The molecule has 1 saturated carbocycles. The van der Waals surface area contributed by atoms with E-state index in [-0.39, 0.29) is 17.9 Å². The van der Waals surface area contributed by atoms with Gasteiger partial charge in [-0.1, -0.05) is 36.8 Å². The van der Waals surface area contributed by atoms with Gasteiger partial charge in [-0.15, -0.1) is 0 Å². The molecule has 1 unspecified atom stereocenters. The maximum absolute atomic E-state index is 12.1. The third-order valence-corrected chi connectivity index (χ3v) is 4.02. The summed E-state index contributed by atoms with van der Waals surface area (Å²) in [5.74, 6) is 0.528. The van der Waals surface area contributed by atoms with Gasteiger partial charge in [-0.05, 0) is 30.9 Å². The van der Waals surface area contributed by atoms with Crippen LogP contribution in [0.5, 0.6) is 0 Å². The van der Waals surface area contributed by atoms with E-state index in [1.54, 1.807) is 0 Å². The Hall–Kier alpha value is -1.39. The molecular formula is C15H23N3O. The molecule has 19 heavy (non-hydrogen) atoms. The molecule has 1 aliphatic rings. The molecule has 0 spiro atoms. The first-order valence-corrected chi connectivity index (χ1v) is 7.00. The fraction of sp³-hybridized carbons (Fsp3) is 0.533. The minimum atomic E-state index is -0.150. The summed E-state index contributed by atoms with van der Waals surface area (Å²) in [6.07, 6.45) is 3.12. The largest absolute Gasteiger partial charge is 0.354 e. The van der Waals surface area contributed by atoms with Crippen LogP contribution in [0.4, 0.5) is 0 Å². The molecule has 1 aliphatic carbocycles. The lowest BCUT2D eigenvalue weighted by Crippen LogP contribution is -2.38. The number of hydrogen-bond acceptors (Lipinski definition) is 3. The zero-order valence-electron chi connectivity index (χ0n) is 11.2. The molecule has 1 aromatic carbocycles. The number of nitrogens with two attached hydrogens (primary N) is 2. The molecule has 4 heteroatoms. The Morgan fingerprint density at radius 1 is 1.32 bits per heavy atom. The van der Waals surface area contributed by atoms with Crippen molar-refractivity contribution in [2.45, 2.75) is 25.3 Å². The van der Waals surface area contributed by atoms with E-state index in [9.17, 15) is 4.79 Å². The summed E-state index contributed by atoms with van der Waals surface area (Å²) in [6.45, 7) is 1.08. The quantitative estimate of drug-likeness (QED) is 0.744. The number of benzene rings is 1. The number of rotatable bonds is 5. The van der Waals surface area contributed by atoms with E-state index in [2.05, 4.69) is 5.32 Å². The van der Waals surface area contributed by atoms with Crippen LogP contribution >= 0.6 is 0 Å². The molecule has 1 aromatic rings. The first-order valence-electron chi connectivity index (χ1n) is 7.00. The number of hydrogen-bond donors (Lipinski definition) is 3. The van der Waals surface area contributed by atoms with Crippen molar-refractivity contribution in [3.63, 3.8) is 0 Å². The Bertz CT molecular complexity index is 407. The van der Waals surface area contributed by atoms with Gasteiger partial charge in [0.2, 0.25) is 5.91 Å². The molecule has 2 rings (SSSR count). The summed E-state index contributed by atoms with van der Waals surface area (Å²) >= 11 is 0. The van der Waals surface area contributed by atoms with Crippen LogP contribution in [-0.2, 0) is 4.79 Å². The van der Waals surface area contributed by atoms with Gasteiger partial charge in [-0.2, -0.15) is 0 Å². The van der Waals surface area contributed by atoms with E-state index in [1.165, 1.54) is 0 Å². The summed E-state index contributed by atoms with van der Waals surface area (Å²) in [6, 6.07) is 9.68. The topological polar surface area (TPSA) is 81.1 Å². The third kappa shape index (κ3) is 3.55. The molecule has 0 heterocycles. The highest BCUT2D eigenvalue weighted by atomic mass is 16.1. The lowest BCUT2D eigenvalue weighted by Gasteiger charge is -2.19. The van der Waals surface area contributed by atoms with Gasteiger partial charge < -0.3 is 16.8 Å². The molecular weight excluding hydrogens is 238 g/mol. The Kier molecular flexibility index (Phi) is 4.93. The Balaban J connectivity index is 1.83. The normalized spacial score (nSPS) is 24.1. The van der Waals surface area contributed by atoms with Crippen molar-refractivity contribution in [1.82, 2.24) is 5.32 Å². The fourth-order valence-electron chi connectivity index (χ4n) is 2.82. The van der Waals surface area contributed by atoms with Gasteiger partial charge in [0.15, 0.2) is 0 Å². The SMILES string of the molecule is NC[C@H]1CCC[C@H]1C(=O)NCC(N)c1ccccc1. The molecule has 0 bridgehead atoms. The molecule has 0 aliphatic heterocycles. The minimum absolute atomic E-state index is 0.0768. The highest BCUT2D eigenvalue weighted by Crippen LogP contribution is 2.30. The lowest BCUT2D eigenvalue weighted by molar-refractivity contribution is -0.126. The zero-order chi connectivity index (χ0) is 13.7. The Morgan fingerprint density at radius 2 is 2.05 bits per heavy atom. The van der Waals surface area contributed by atoms with E-state index in [0.717, 1.165) is 24.8 Å². The van der Waals surface area contributed by atoms with Crippen molar-refractivity contribution in [2.24, 2.45) is 23.3 Å². The van der Waals surface area contributed by atoms with Gasteiger partial charge in [0.05, 0.1) is 0 Å². The van der Waals surface area contributed by atoms with Crippen molar-refractivity contribution in [3.05, 3.63) is 35.9 Å². The van der Waals surface area contributed by atoms with Gasteiger partial charge in [-0.25, -0.2) is 0 Å². The number of carbonyl (C=O) groups is 1. The highest BCUT2D eigenvalue weighted by molar-refractivity contribution is 5.79. The fourth-order valence-corrected chi connectivity index (χ4v) is 2.82. The van der Waals surface area contributed by atoms with E-state index in [4.69, 9.17) is 11.5 Å². The predicted molar refractivity (Wildman–Crippen MR) is 76.3 cm³/mol. The van der Waals surface area contributed by atoms with Crippen LogP contribution in [0.1, 0.15) is 30.9 Å². The molecule has 0 radical (unpaired) electrons. The summed E-state index contributed by atoms with van der Waals surface area (Å²) in [7, 11) is 0. The zero-order valence-corrected chi connectivity index (χ0v) is 11.2. The smallest absolute Gasteiger partial charge is 0.223 e. The van der Waals surface area contributed by atoms with Crippen molar-refractivity contribution in [3.8, 4) is 0 Å². The van der Waals surface area contributed by atoms with Gasteiger partial charge in [0, 0.05) is 18.5 Å². The van der Waals surface area contributed by atoms with Crippen LogP contribution in [0.3, 0.4) is 0 Å². The number of carbonyl (C=O) groups excluding carboxylic acids is 1. The number of amides is 1. The molecule has 5 N–H and O–H groups in total. The molecule has 1 fully saturated rings. The maximum Gasteiger partial charge on any atom is 0.223 e. The Labute approximate surface area is 114 Å². The summed E-state index contributed by atoms with van der Waals surface area (Å²) in [5, 5.41) is 2.97. The molecule has 104 valence electrons.